The van der Waals surface area contributed by atoms with Crippen molar-refractivity contribution in [2.75, 3.05) is 13.6 Å². The number of Topliss-reactive ketones (excluding diaryl/α,β-unsaturated/α-hetero) is 2. The molecule has 0 saturated carbocycles. The monoisotopic (exact) mass is 240 g/mol. The molecular formula is C14H12N2O2. The third kappa shape index (κ3) is 1.35. The summed E-state index contributed by atoms with van der Waals surface area (Å²) in [4.78, 5) is 30.4. The van der Waals surface area contributed by atoms with Gasteiger partial charge in [0.25, 0.3) is 5.78 Å². The molecule has 4 nitrogen and oxygen atoms in total. The van der Waals surface area contributed by atoms with Crippen LogP contribution in [0.25, 0.3) is 5.70 Å². The lowest BCUT2D eigenvalue weighted by atomic mass is 9.89. The Kier molecular flexibility index (Phi) is 2.20. The summed E-state index contributed by atoms with van der Waals surface area (Å²) in [5.41, 5.74) is 3.19. The molecule has 3 rings (SSSR count). The van der Waals surface area contributed by atoms with E-state index in [0.29, 0.717) is 23.5 Å². The lowest BCUT2D eigenvalue weighted by molar-refractivity contribution is -0.113. The second-order valence-corrected chi connectivity index (χ2v) is 4.60. The fourth-order valence-corrected chi connectivity index (χ4v) is 2.47. The van der Waals surface area contributed by atoms with Crippen molar-refractivity contribution in [1.82, 2.24) is 4.90 Å². The largest absolute Gasteiger partial charge is 0.364 e. The van der Waals surface area contributed by atoms with Gasteiger partial charge in [-0.3, -0.25) is 14.6 Å². The molecule has 0 radical (unpaired) electrons. The molecule has 2 aliphatic rings. The normalized spacial score (nSPS) is 18.6. The van der Waals surface area contributed by atoms with Gasteiger partial charge in [0.05, 0.1) is 12.2 Å². The Morgan fingerprint density at radius 3 is 2.50 bits per heavy atom. The minimum Gasteiger partial charge on any atom is -0.364 e. The lowest BCUT2D eigenvalue weighted by Crippen LogP contribution is -2.37. The first-order valence-electron chi connectivity index (χ1n) is 5.77. The van der Waals surface area contributed by atoms with Crippen LogP contribution in [-0.2, 0) is 4.79 Å². The van der Waals surface area contributed by atoms with Crippen molar-refractivity contribution in [3.63, 3.8) is 0 Å². The van der Waals surface area contributed by atoms with E-state index in [2.05, 4.69) is 4.99 Å². The second kappa shape index (κ2) is 3.63. The average molecular weight is 240 g/mol. The maximum atomic E-state index is 12.1. The molecule has 0 fully saturated rings. The molecule has 0 atom stereocenters. The number of likely N-dealkylation sites (N-methyl/N-ethyl adjacent to an activating group) is 1. The summed E-state index contributed by atoms with van der Waals surface area (Å²) < 4.78 is 0. The summed E-state index contributed by atoms with van der Waals surface area (Å²) in [7, 11) is 1.81. The van der Waals surface area contributed by atoms with Gasteiger partial charge in [-0.2, -0.15) is 0 Å². The third-order valence-electron chi connectivity index (χ3n) is 3.22. The van der Waals surface area contributed by atoms with E-state index in [4.69, 9.17) is 0 Å². The summed E-state index contributed by atoms with van der Waals surface area (Å²) >= 11 is 0. The predicted octanol–water partition coefficient (Wildman–Crippen LogP) is 1.53. The standard InChI is InChI=1S/C14H12N2O2/c1-8-7-16(2)12-11(15-8)9-5-3-4-6-10(9)13(17)14(12)18/h3-6H,7H2,1-2H3. The highest BCUT2D eigenvalue weighted by molar-refractivity contribution is 6.52. The maximum Gasteiger partial charge on any atom is 0.251 e. The van der Waals surface area contributed by atoms with Crippen LogP contribution in [0.4, 0.5) is 0 Å². The van der Waals surface area contributed by atoms with Crippen molar-refractivity contribution in [3.8, 4) is 0 Å². The summed E-state index contributed by atoms with van der Waals surface area (Å²) in [5.74, 6) is -0.895. The van der Waals surface area contributed by atoms with Gasteiger partial charge in [0.1, 0.15) is 5.70 Å². The Bertz CT molecular complexity index is 641. The van der Waals surface area contributed by atoms with Gasteiger partial charge in [-0.1, -0.05) is 24.3 Å². The van der Waals surface area contributed by atoms with Crippen LogP contribution < -0.4 is 0 Å². The molecule has 4 heteroatoms. The highest BCUT2D eigenvalue weighted by atomic mass is 16.2. The lowest BCUT2D eigenvalue weighted by Gasteiger charge is -2.30. The van der Waals surface area contributed by atoms with Crippen LogP contribution in [0.3, 0.4) is 0 Å². The van der Waals surface area contributed by atoms with Gasteiger partial charge in [0.2, 0.25) is 5.78 Å². The Morgan fingerprint density at radius 1 is 1.11 bits per heavy atom. The van der Waals surface area contributed by atoms with E-state index < -0.39 is 11.6 Å². The summed E-state index contributed by atoms with van der Waals surface area (Å²) in [6, 6.07) is 7.13. The molecule has 0 unspecified atom stereocenters. The molecule has 1 aliphatic carbocycles. The highest BCUT2D eigenvalue weighted by Crippen LogP contribution is 2.33. The second-order valence-electron chi connectivity index (χ2n) is 4.60. The molecule has 0 bridgehead atoms. The first-order valence-corrected chi connectivity index (χ1v) is 5.77. The van der Waals surface area contributed by atoms with Gasteiger partial charge in [0.15, 0.2) is 0 Å². The summed E-state index contributed by atoms with van der Waals surface area (Å²) in [6.07, 6.45) is 0. The van der Waals surface area contributed by atoms with Gasteiger partial charge in [-0.25, -0.2) is 0 Å². The Labute approximate surface area is 105 Å². The molecule has 18 heavy (non-hydrogen) atoms. The molecule has 0 N–H and O–H groups in total. The molecule has 1 aliphatic heterocycles. The van der Waals surface area contributed by atoms with E-state index in [1.807, 2.05) is 26.1 Å². The fraction of sp³-hybridized carbons (Fsp3) is 0.214. The van der Waals surface area contributed by atoms with Gasteiger partial charge in [0, 0.05) is 23.9 Å². The van der Waals surface area contributed by atoms with E-state index in [1.54, 1.807) is 17.0 Å². The van der Waals surface area contributed by atoms with E-state index in [1.165, 1.54) is 0 Å². The van der Waals surface area contributed by atoms with Crippen molar-refractivity contribution in [2.45, 2.75) is 6.92 Å². The quantitative estimate of drug-likeness (QED) is 0.646. The average Bonchev–Trinajstić information content (AvgIpc) is 2.35. The number of ketones is 2. The van der Waals surface area contributed by atoms with E-state index in [9.17, 15) is 9.59 Å². The van der Waals surface area contributed by atoms with E-state index in [0.717, 1.165) is 11.3 Å². The first-order chi connectivity index (χ1) is 8.59. The van der Waals surface area contributed by atoms with Crippen molar-refractivity contribution < 1.29 is 9.59 Å². The first kappa shape index (κ1) is 10.9. The Hall–Kier alpha value is -2.23. The van der Waals surface area contributed by atoms with Gasteiger partial charge >= 0.3 is 0 Å². The number of allylic oxidation sites excluding steroid dienone is 1. The molecule has 0 amide bonds. The molecule has 1 aromatic rings. The van der Waals surface area contributed by atoms with Crippen molar-refractivity contribution >= 4 is 23.0 Å². The zero-order valence-corrected chi connectivity index (χ0v) is 10.2. The number of hydrogen-bond acceptors (Lipinski definition) is 4. The Morgan fingerprint density at radius 2 is 1.78 bits per heavy atom. The summed E-state index contributed by atoms with van der Waals surface area (Å²) in [6.45, 7) is 2.50. The zero-order chi connectivity index (χ0) is 12.9. The minimum atomic E-state index is -0.456. The number of nitrogens with zero attached hydrogens (tertiary/aromatic N) is 2. The van der Waals surface area contributed by atoms with Crippen LogP contribution in [-0.4, -0.2) is 35.8 Å². The predicted molar refractivity (Wildman–Crippen MR) is 68.4 cm³/mol. The van der Waals surface area contributed by atoms with Crippen LogP contribution in [0.15, 0.2) is 35.0 Å². The SMILES string of the molecule is CC1=NC2=C(C(=O)C(=O)c3ccccc32)N(C)C1. The number of fused-ring (bicyclic) bond motifs is 2. The zero-order valence-electron chi connectivity index (χ0n) is 10.2. The van der Waals surface area contributed by atoms with Crippen LogP contribution in [0, 0.1) is 0 Å². The molecule has 0 spiro atoms. The van der Waals surface area contributed by atoms with Crippen LogP contribution >= 0.6 is 0 Å². The van der Waals surface area contributed by atoms with Gasteiger partial charge in [-0.05, 0) is 6.92 Å². The molecule has 90 valence electrons. The molecule has 1 aromatic carbocycles. The summed E-state index contributed by atoms with van der Waals surface area (Å²) in [5, 5.41) is 0. The Balaban J connectivity index is 2.34. The molecular weight excluding hydrogens is 228 g/mol. The fourth-order valence-electron chi connectivity index (χ4n) is 2.47. The molecule has 0 saturated heterocycles. The van der Waals surface area contributed by atoms with Gasteiger partial charge < -0.3 is 4.90 Å². The van der Waals surface area contributed by atoms with E-state index in [-0.39, 0.29) is 0 Å². The van der Waals surface area contributed by atoms with Crippen LogP contribution in [0.2, 0.25) is 0 Å². The number of hydrogen-bond donors (Lipinski definition) is 0. The number of carbonyl (C=O) groups is 2. The topological polar surface area (TPSA) is 49.7 Å². The maximum absolute atomic E-state index is 12.1. The number of benzene rings is 1. The molecule has 0 aromatic heterocycles. The van der Waals surface area contributed by atoms with E-state index >= 15 is 0 Å². The van der Waals surface area contributed by atoms with Crippen molar-refractivity contribution in [3.05, 3.63) is 41.1 Å². The number of aliphatic imine (C=N–C) groups is 1. The van der Waals surface area contributed by atoms with Crippen LogP contribution in [0.1, 0.15) is 22.8 Å². The van der Waals surface area contributed by atoms with Gasteiger partial charge in [-0.15, -0.1) is 0 Å². The van der Waals surface area contributed by atoms with Crippen molar-refractivity contribution in [1.29, 1.82) is 0 Å². The smallest absolute Gasteiger partial charge is 0.251 e. The minimum absolute atomic E-state index is 0.421. The molecule has 1 heterocycles. The highest BCUT2D eigenvalue weighted by Gasteiger charge is 2.36. The third-order valence-corrected chi connectivity index (χ3v) is 3.22. The number of rotatable bonds is 0. The van der Waals surface area contributed by atoms with Crippen molar-refractivity contribution in [2.24, 2.45) is 4.99 Å². The van der Waals surface area contributed by atoms with Crippen LogP contribution in [0.5, 0.6) is 0 Å². The number of carbonyl (C=O) groups excluding carboxylic acids is 2.